The number of hydrogen-bond donors (Lipinski definition) is 1. The van der Waals surface area contributed by atoms with Gasteiger partial charge in [-0.3, -0.25) is 9.59 Å². The SMILES string of the molecule is O=C(N[C@H]1CCN(C(=O)c2cc(Cl)cc(Cl)c2)[C@H](Cc2ccccc2)C1)c1ccc2ccccc2c1. The molecule has 4 aromatic carbocycles. The molecule has 2 amide bonds. The van der Waals surface area contributed by atoms with E-state index in [0.29, 0.717) is 47.0 Å². The smallest absolute Gasteiger partial charge is 0.254 e. The Morgan fingerprint density at radius 3 is 2.25 bits per heavy atom. The lowest BCUT2D eigenvalue weighted by Crippen LogP contribution is -2.52. The summed E-state index contributed by atoms with van der Waals surface area (Å²) in [7, 11) is 0. The van der Waals surface area contributed by atoms with Crippen LogP contribution in [0.1, 0.15) is 39.1 Å². The maximum Gasteiger partial charge on any atom is 0.254 e. The van der Waals surface area contributed by atoms with Crippen LogP contribution in [0.3, 0.4) is 0 Å². The molecule has 0 saturated carbocycles. The van der Waals surface area contributed by atoms with Crippen molar-refractivity contribution in [1.82, 2.24) is 10.2 Å². The number of amides is 2. The Morgan fingerprint density at radius 2 is 1.50 bits per heavy atom. The summed E-state index contributed by atoms with van der Waals surface area (Å²) in [5.74, 6) is -0.190. The number of benzene rings is 4. The van der Waals surface area contributed by atoms with Crippen LogP contribution in [0.25, 0.3) is 10.8 Å². The fourth-order valence-corrected chi connectivity index (χ4v) is 5.50. The summed E-state index contributed by atoms with van der Waals surface area (Å²) in [5, 5.41) is 6.22. The molecule has 1 aliphatic heterocycles. The van der Waals surface area contributed by atoms with Gasteiger partial charge in [0.25, 0.3) is 11.8 Å². The fraction of sp³-hybridized carbons (Fsp3) is 0.200. The van der Waals surface area contributed by atoms with E-state index in [2.05, 4.69) is 17.4 Å². The third kappa shape index (κ3) is 5.56. The summed E-state index contributed by atoms with van der Waals surface area (Å²) in [6.45, 7) is 0.531. The highest BCUT2D eigenvalue weighted by Gasteiger charge is 2.33. The Balaban J connectivity index is 1.35. The van der Waals surface area contributed by atoms with E-state index in [1.807, 2.05) is 65.6 Å². The topological polar surface area (TPSA) is 49.4 Å². The fourth-order valence-electron chi connectivity index (χ4n) is 4.97. The van der Waals surface area contributed by atoms with Crippen LogP contribution in [-0.4, -0.2) is 35.3 Å². The Kier molecular flexibility index (Phi) is 7.26. The zero-order valence-electron chi connectivity index (χ0n) is 19.7. The van der Waals surface area contributed by atoms with Crippen LogP contribution in [0.4, 0.5) is 0 Å². The normalized spacial score (nSPS) is 17.7. The van der Waals surface area contributed by atoms with E-state index in [4.69, 9.17) is 23.2 Å². The molecule has 4 nitrogen and oxygen atoms in total. The molecular formula is C30H26Cl2N2O2. The average molecular weight is 517 g/mol. The third-order valence-electron chi connectivity index (χ3n) is 6.75. The van der Waals surface area contributed by atoms with Crippen molar-refractivity contribution < 1.29 is 9.59 Å². The molecule has 36 heavy (non-hydrogen) atoms. The molecule has 0 spiro atoms. The van der Waals surface area contributed by atoms with Crippen LogP contribution in [-0.2, 0) is 6.42 Å². The van der Waals surface area contributed by atoms with E-state index in [9.17, 15) is 9.59 Å². The van der Waals surface area contributed by atoms with Crippen molar-refractivity contribution in [2.45, 2.75) is 31.3 Å². The molecule has 6 heteroatoms. The highest BCUT2D eigenvalue weighted by atomic mass is 35.5. The molecule has 0 radical (unpaired) electrons. The van der Waals surface area contributed by atoms with Gasteiger partial charge in [0.15, 0.2) is 0 Å². The molecule has 2 atom stereocenters. The highest BCUT2D eigenvalue weighted by Crippen LogP contribution is 2.27. The first-order chi connectivity index (χ1) is 17.5. The van der Waals surface area contributed by atoms with Crippen LogP contribution in [0.15, 0.2) is 91.0 Å². The zero-order chi connectivity index (χ0) is 25.1. The lowest BCUT2D eigenvalue weighted by molar-refractivity contribution is 0.0571. The van der Waals surface area contributed by atoms with Crippen LogP contribution in [0.5, 0.6) is 0 Å². The standard InChI is InChI=1S/C30H26Cl2N2O2/c31-25-16-24(17-26(32)18-25)30(36)34-13-12-27(19-28(34)14-20-6-2-1-3-7-20)33-29(35)23-11-10-21-8-4-5-9-22(21)15-23/h1-11,15-18,27-28H,12-14,19H2,(H,33,35)/t27-,28+/m0/s1. The molecule has 0 aliphatic carbocycles. The minimum atomic E-state index is -0.0976. The molecule has 1 saturated heterocycles. The van der Waals surface area contributed by atoms with Gasteiger partial charge >= 0.3 is 0 Å². The number of likely N-dealkylation sites (tertiary alicyclic amines) is 1. The van der Waals surface area contributed by atoms with Crippen molar-refractivity contribution in [3.05, 3.63) is 118 Å². The maximum absolute atomic E-state index is 13.5. The van der Waals surface area contributed by atoms with Crippen molar-refractivity contribution in [1.29, 1.82) is 0 Å². The first-order valence-electron chi connectivity index (χ1n) is 12.1. The summed E-state index contributed by atoms with van der Waals surface area (Å²) < 4.78 is 0. The third-order valence-corrected chi connectivity index (χ3v) is 7.18. The van der Waals surface area contributed by atoms with Gasteiger partial charge in [0.2, 0.25) is 0 Å². The summed E-state index contributed by atoms with van der Waals surface area (Å²) in [6.07, 6.45) is 2.03. The van der Waals surface area contributed by atoms with Gasteiger partial charge in [-0.25, -0.2) is 0 Å². The summed E-state index contributed by atoms with van der Waals surface area (Å²) in [5.41, 5.74) is 2.26. The average Bonchev–Trinajstić information content (AvgIpc) is 2.88. The maximum atomic E-state index is 13.5. The number of carbonyl (C=O) groups excluding carboxylic acids is 2. The van der Waals surface area contributed by atoms with E-state index >= 15 is 0 Å². The molecule has 5 rings (SSSR count). The van der Waals surface area contributed by atoms with Gasteiger partial charge in [-0.1, -0.05) is 83.9 Å². The summed E-state index contributed by atoms with van der Waals surface area (Å²) in [4.78, 5) is 28.5. The van der Waals surface area contributed by atoms with Gasteiger partial charge in [-0.05, 0) is 65.9 Å². The van der Waals surface area contributed by atoms with E-state index in [1.54, 1.807) is 18.2 Å². The van der Waals surface area contributed by atoms with Gasteiger partial charge in [-0.15, -0.1) is 0 Å². The molecular weight excluding hydrogens is 491 g/mol. The number of halogens is 2. The van der Waals surface area contributed by atoms with Crippen molar-refractivity contribution in [3.8, 4) is 0 Å². The molecule has 0 aromatic heterocycles. The molecule has 0 unspecified atom stereocenters. The van der Waals surface area contributed by atoms with Crippen molar-refractivity contribution >= 4 is 45.8 Å². The molecule has 1 fully saturated rings. The van der Waals surface area contributed by atoms with Gasteiger partial charge in [0.1, 0.15) is 0 Å². The molecule has 1 N–H and O–H groups in total. The lowest BCUT2D eigenvalue weighted by atomic mass is 9.91. The molecule has 182 valence electrons. The van der Waals surface area contributed by atoms with Gasteiger partial charge in [0.05, 0.1) is 0 Å². The largest absolute Gasteiger partial charge is 0.349 e. The number of hydrogen-bond acceptors (Lipinski definition) is 2. The summed E-state index contributed by atoms with van der Waals surface area (Å²) in [6, 6.07) is 28.7. The quantitative estimate of drug-likeness (QED) is 0.317. The minimum absolute atomic E-state index is 0.0373. The highest BCUT2D eigenvalue weighted by molar-refractivity contribution is 6.35. The molecule has 1 aliphatic rings. The van der Waals surface area contributed by atoms with Crippen molar-refractivity contribution in [2.24, 2.45) is 0 Å². The summed E-state index contributed by atoms with van der Waals surface area (Å²) >= 11 is 12.3. The number of fused-ring (bicyclic) bond motifs is 1. The first-order valence-corrected chi connectivity index (χ1v) is 12.8. The Bertz CT molecular complexity index is 1390. The Hall–Kier alpha value is -3.34. The second-order valence-corrected chi connectivity index (χ2v) is 10.1. The predicted molar refractivity (Wildman–Crippen MR) is 146 cm³/mol. The van der Waals surface area contributed by atoms with Crippen LogP contribution in [0, 0.1) is 0 Å². The number of piperidine rings is 1. The molecule has 0 bridgehead atoms. The van der Waals surface area contributed by atoms with E-state index in [0.717, 1.165) is 16.3 Å². The van der Waals surface area contributed by atoms with Crippen molar-refractivity contribution in [3.63, 3.8) is 0 Å². The number of nitrogens with zero attached hydrogens (tertiary/aromatic N) is 1. The molecule has 1 heterocycles. The number of nitrogens with one attached hydrogen (secondary N) is 1. The Morgan fingerprint density at radius 1 is 0.806 bits per heavy atom. The predicted octanol–water partition coefficient (Wildman–Crippen LogP) is 6.79. The lowest BCUT2D eigenvalue weighted by Gasteiger charge is -2.40. The second kappa shape index (κ2) is 10.7. The van der Waals surface area contributed by atoms with Gasteiger partial charge in [-0.2, -0.15) is 0 Å². The monoisotopic (exact) mass is 516 g/mol. The minimum Gasteiger partial charge on any atom is -0.349 e. The second-order valence-electron chi connectivity index (χ2n) is 9.26. The van der Waals surface area contributed by atoms with Crippen LogP contribution < -0.4 is 5.32 Å². The zero-order valence-corrected chi connectivity index (χ0v) is 21.2. The Labute approximate surface area is 220 Å². The number of carbonyl (C=O) groups is 2. The van der Waals surface area contributed by atoms with Gasteiger partial charge in [0, 0.05) is 39.8 Å². The van der Waals surface area contributed by atoms with E-state index < -0.39 is 0 Å². The first kappa shape index (κ1) is 24.4. The van der Waals surface area contributed by atoms with Gasteiger partial charge < -0.3 is 10.2 Å². The number of rotatable bonds is 5. The van der Waals surface area contributed by atoms with Crippen LogP contribution in [0.2, 0.25) is 10.0 Å². The van der Waals surface area contributed by atoms with E-state index in [-0.39, 0.29) is 23.9 Å². The van der Waals surface area contributed by atoms with Crippen molar-refractivity contribution in [2.75, 3.05) is 6.54 Å². The van der Waals surface area contributed by atoms with Crippen LogP contribution >= 0.6 is 23.2 Å². The molecule has 4 aromatic rings. The van der Waals surface area contributed by atoms with E-state index in [1.165, 1.54) is 0 Å².